The minimum Gasteiger partial charge on any atom is -0.273 e. The van der Waals surface area contributed by atoms with Gasteiger partial charge in [-0.3, -0.25) is 4.79 Å². The summed E-state index contributed by atoms with van der Waals surface area (Å²) in [5.41, 5.74) is 1.63. The predicted octanol–water partition coefficient (Wildman–Crippen LogP) is 2.01. The summed E-state index contributed by atoms with van der Waals surface area (Å²) in [6.45, 7) is 7.17. The van der Waals surface area contributed by atoms with Crippen LogP contribution in [0.1, 0.15) is 25.0 Å². The summed E-state index contributed by atoms with van der Waals surface area (Å²) in [4.78, 5) is 12.2. The minimum absolute atomic E-state index is 0.133. The van der Waals surface area contributed by atoms with Crippen LogP contribution in [0.25, 0.3) is 0 Å². The van der Waals surface area contributed by atoms with Crippen LogP contribution in [0.4, 0.5) is 5.69 Å². The van der Waals surface area contributed by atoms with Crippen molar-refractivity contribution in [2.75, 3.05) is 10.1 Å². The third-order valence-corrected chi connectivity index (χ3v) is 5.33. The standard InChI is InChI=1S/C13H17NO3S/c1-9-5-6-11(7-10(9)2)14-12(15)13(3,4)8-18(14,16)17/h5-7H,8H2,1-4H3. The van der Waals surface area contributed by atoms with Gasteiger partial charge in [-0.05, 0) is 51.0 Å². The van der Waals surface area contributed by atoms with Crippen LogP contribution in [-0.2, 0) is 14.8 Å². The van der Waals surface area contributed by atoms with Gasteiger partial charge >= 0.3 is 0 Å². The van der Waals surface area contributed by atoms with Crippen molar-refractivity contribution in [2.45, 2.75) is 27.7 Å². The monoisotopic (exact) mass is 267 g/mol. The first kappa shape index (κ1) is 13.1. The number of carbonyl (C=O) groups excluding carboxylic acids is 1. The first-order chi connectivity index (χ1) is 8.15. The fourth-order valence-corrected chi connectivity index (χ4v) is 4.21. The molecule has 0 aromatic heterocycles. The van der Waals surface area contributed by atoms with Gasteiger partial charge in [0.1, 0.15) is 0 Å². The van der Waals surface area contributed by atoms with E-state index in [1.807, 2.05) is 19.9 Å². The normalized spacial score (nSPS) is 21.3. The topological polar surface area (TPSA) is 54.5 Å². The van der Waals surface area contributed by atoms with Gasteiger partial charge in [0.05, 0.1) is 16.9 Å². The Kier molecular flexibility index (Phi) is 2.77. The molecule has 1 aliphatic rings. The maximum absolute atomic E-state index is 12.2. The Bertz CT molecular complexity index is 617. The SMILES string of the molecule is Cc1ccc(N2C(=O)C(C)(C)CS2(=O)=O)cc1C. The van der Waals surface area contributed by atoms with E-state index in [4.69, 9.17) is 0 Å². The fraction of sp³-hybridized carbons (Fsp3) is 0.462. The van der Waals surface area contributed by atoms with Crippen molar-refractivity contribution in [1.29, 1.82) is 0 Å². The smallest absolute Gasteiger partial charge is 0.247 e. The summed E-state index contributed by atoms with van der Waals surface area (Å²) in [6, 6.07) is 5.25. The molecule has 0 radical (unpaired) electrons. The molecule has 0 saturated carbocycles. The Morgan fingerprint density at radius 1 is 1.17 bits per heavy atom. The summed E-state index contributed by atoms with van der Waals surface area (Å²) in [6.07, 6.45) is 0. The number of aryl methyl sites for hydroxylation is 2. The lowest BCUT2D eigenvalue weighted by molar-refractivity contribution is -0.123. The number of hydrogen-bond donors (Lipinski definition) is 0. The molecule has 0 bridgehead atoms. The summed E-state index contributed by atoms with van der Waals surface area (Å²) < 4.78 is 25.1. The second-order valence-electron chi connectivity index (χ2n) is 5.48. The second-order valence-corrected chi connectivity index (χ2v) is 7.30. The van der Waals surface area contributed by atoms with Crippen molar-refractivity contribution in [1.82, 2.24) is 0 Å². The van der Waals surface area contributed by atoms with Crippen molar-refractivity contribution in [3.63, 3.8) is 0 Å². The van der Waals surface area contributed by atoms with Crippen LogP contribution in [0.2, 0.25) is 0 Å². The molecule has 1 fully saturated rings. The van der Waals surface area contributed by atoms with E-state index in [0.29, 0.717) is 5.69 Å². The number of sulfonamides is 1. The zero-order valence-electron chi connectivity index (χ0n) is 11.0. The number of carbonyl (C=O) groups is 1. The highest BCUT2D eigenvalue weighted by atomic mass is 32.2. The molecule has 0 spiro atoms. The molecule has 5 heteroatoms. The number of anilines is 1. The minimum atomic E-state index is -3.54. The van der Waals surface area contributed by atoms with Crippen LogP contribution >= 0.6 is 0 Å². The molecule has 1 aromatic rings. The Morgan fingerprint density at radius 2 is 1.78 bits per heavy atom. The lowest BCUT2D eigenvalue weighted by atomic mass is 9.95. The molecule has 1 heterocycles. The maximum atomic E-state index is 12.2. The number of nitrogens with zero attached hydrogens (tertiary/aromatic N) is 1. The average Bonchev–Trinajstić information content (AvgIpc) is 2.37. The van der Waals surface area contributed by atoms with Crippen LogP contribution in [0, 0.1) is 19.3 Å². The van der Waals surface area contributed by atoms with Gasteiger partial charge in [0.25, 0.3) is 0 Å². The summed E-state index contributed by atoms with van der Waals surface area (Å²) in [7, 11) is -3.54. The third-order valence-electron chi connectivity index (χ3n) is 3.31. The summed E-state index contributed by atoms with van der Waals surface area (Å²) in [5, 5.41) is 0. The van der Waals surface area contributed by atoms with Gasteiger partial charge in [0, 0.05) is 0 Å². The molecule has 2 rings (SSSR count). The molecule has 0 atom stereocenters. The summed E-state index contributed by atoms with van der Waals surface area (Å²) in [5.74, 6) is -0.489. The van der Waals surface area contributed by atoms with Crippen LogP contribution in [0.15, 0.2) is 18.2 Å². The molecule has 1 amide bonds. The molecule has 1 saturated heterocycles. The summed E-state index contributed by atoms with van der Waals surface area (Å²) >= 11 is 0. The molecule has 0 unspecified atom stereocenters. The van der Waals surface area contributed by atoms with E-state index in [-0.39, 0.29) is 11.7 Å². The van der Waals surface area contributed by atoms with Crippen LogP contribution in [0.3, 0.4) is 0 Å². The molecule has 98 valence electrons. The Morgan fingerprint density at radius 3 is 2.22 bits per heavy atom. The van der Waals surface area contributed by atoms with Crippen LogP contribution < -0.4 is 4.31 Å². The van der Waals surface area contributed by atoms with Gasteiger partial charge in [0.2, 0.25) is 15.9 Å². The zero-order chi connectivity index (χ0) is 13.7. The largest absolute Gasteiger partial charge is 0.273 e. The van der Waals surface area contributed by atoms with Crippen molar-refractivity contribution < 1.29 is 13.2 Å². The maximum Gasteiger partial charge on any atom is 0.247 e. The molecule has 0 N–H and O–H groups in total. The quantitative estimate of drug-likeness (QED) is 0.782. The van der Waals surface area contributed by atoms with E-state index in [1.165, 1.54) is 0 Å². The molecule has 18 heavy (non-hydrogen) atoms. The zero-order valence-corrected chi connectivity index (χ0v) is 11.8. The number of benzene rings is 1. The van der Waals surface area contributed by atoms with E-state index in [0.717, 1.165) is 15.4 Å². The first-order valence-corrected chi connectivity index (χ1v) is 7.41. The van der Waals surface area contributed by atoms with E-state index in [2.05, 4.69) is 0 Å². The van der Waals surface area contributed by atoms with E-state index >= 15 is 0 Å². The predicted molar refractivity (Wildman–Crippen MR) is 71.0 cm³/mol. The average molecular weight is 267 g/mol. The van der Waals surface area contributed by atoms with Crippen molar-refractivity contribution in [2.24, 2.45) is 5.41 Å². The first-order valence-electron chi connectivity index (χ1n) is 5.80. The van der Waals surface area contributed by atoms with E-state index in [1.54, 1.807) is 26.0 Å². The Labute approximate surface area is 108 Å². The van der Waals surface area contributed by atoms with Crippen LogP contribution in [-0.4, -0.2) is 20.1 Å². The Hall–Kier alpha value is -1.36. The lowest BCUT2D eigenvalue weighted by Crippen LogP contribution is -2.32. The van der Waals surface area contributed by atoms with Crippen LogP contribution in [0.5, 0.6) is 0 Å². The van der Waals surface area contributed by atoms with Gasteiger partial charge < -0.3 is 0 Å². The molecule has 0 aliphatic carbocycles. The number of hydrogen-bond acceptors (Lipinski definition) is 3. The van der Waals surface area contributed by atoms with Crippen molar-refractivity contribution >= 4 is 21.6 Å². The highest BCUT2D eigenvalue weighted by Crippen LogP contribution is 2.36. The van der Waals surface area contributed by atoms with Gasteiger partial charge in [-0.2, -0.15) is 0 Å². The number of rotatable bonds is 1. The highest BCUT2D eigenvalue weighted by molar-refractivity contribution is 7.94. The molecule has 1 aliphatic heterocycles. The Balaban J connectivity index is 2.56. The fourth-order valence-electron chi connectivity index (χ4n) is 2.11. The van der Waals surface area contributed by atoms with Gasteiger partial charge in [-0.1, -0.05) is 6.07 Å². The third kappa shape index (κ3) is 1.92. The lowest BCUT2D eigenvalue weighted by Gasteiger charge is -2.18. The molecular weight excluding hydrogens is 250 g/mol. The van der Waals surface area contributed by atoms with E-state index < -0.39 is 15.4 Å². The van der Waals surface area contributed by atoms with Gasteiger partial charge in [-0.25, -0.2) is 12.7 Å². The van der Waals surface area contributed by atoms with Crippen molar-refractivity contribution in [3.8, 4) is 0 Å². The second kappa shape index (κ2) is 3.82. The highest BCUT2D eigenvalue weighted by Gasteiger charge is 2.49. The van der Waals surface area contributed by atoms with Gasteiger partial charge in [0.15, 0.2) is 0 Å². The molecular formula is C13H17NO3S. The van der Waals surface area contributed by atoms with E-state index in [9.17, 15) is 13.2 Å². The molecule has 4 nitrogen and oxygen atoms in total. The van der Waals surface area contributed by atoms with Crippen molar-refractivity contribution in [3.05, 3.63) is 29.3 Å². The van der Waals surface area contributed by atoms with Gasteiger partial charge in [-0.15, -0.1) is 0 Å². The number of amides is 1. The molecule has 1 aromatic carbocycles.